The van der Waals surface area contributed by atoms with E-state index in [-0.39, 0.29) is 10.8 Å². The van der Waals surface area contributed by atoms with Gasteiger partial charge in [-0.3, -0.25) is 0 Å². The van der Waals surface area contributed by atoms with Crippen molar-refractivity contribution in [3.05, 3.63) is 162 Å². The van der Waals surface area contributed by atoms with E-state index in [1.165, 1.54) is 121 Å². The Morgan fingerprint density at radius 1 is 0.448 bits per heavy atom. The second-order valence-corrected chi connectivity index (χ2v) is 19.9. The van der Waals surface area contributed by atoms with Crippen LogP contribution in [0.3, 0.4) is 0 Å². The molecule has 1 nitrogen and oxygen atoms in total. The number of benzene rings is 6. The fraction of sp³-hybridized carbons (Fsp3) is 0.368. The van der Waals surface area contributed by atoms with Crippen molar-refractivity contribution in [1.29, 1.82) is 0 Å². The minimum absolute atomic E-state index is 0.0717. The van der Waals surface area contributed by atoms with E-state index in [0.29, 0.717) is 11.8 Å². The van der Waals surface area contributed by atoms with E-state index in [9.17, 15) is 0 Å². The topological polar surface area (TPSA) is 3.24 Å². The van der Waals surface area contributed by atoms with Crippen molar-refractivity contribution in [3.8, 4) is 33.4 Å². The quantitative estimate of drug-likeness (QED) is 0.169. The maximum Gasteiger partial charge on any atom is 0.0540 e. The minimum atomic E-state index is 0.0717. The molecule has 1 heteroatoms. The maximum atomic E-state index is 2.71. The fourth-order valence-corrected chi connectivity index (χ4v) is 15.9. The van der Waals surface area contributed by atoms with Gasteiger partial charge in [-0.1, -0.05) is 135 Å². The van der Waals surface area contributed by atoms with Crippen LogP contribution in [0.2, 0.25) is 0 Å². The van der Waals surface area contributed by atoms with E-state index in [1.54, 1.807) is 22.3 Å². The molecule has 6 fully saturated rings. The average Bonchev–Trinajstić information content (AvgIpc) is 3.72. The van der Waals surface area contributed by atoms with Crippen molar-refractivity contribution in [2.24, 2.45) is 41.4 Å². The van der Waals surface area contributed by atoms with Gasteiger partial charge in [0.1, 0.15) is 0 Å². The molecule has 0 amide bonds. The minimum Gasteiger partial charge on any atom is -0.310 e. The highest BCUT2D eigenvalue weighted by Gasteiger charge is 2.62. The maximum absolute atomic E-state index is 2.71. The molecule has 58 heavy (non-hydrogen) atoms. The van der Waals surface area contributed by atoms with Crippen molar-refractivity contribution in [2.75, 3.05) is 4.90 Å². The Hall–Kier alpha value is -4.88. The summed E-state index contributed by atoms with van der Waals surface area (Å²) in [5.41, 5.74) is 19.1. The summed E-state index contributed by atoms with van der Waals surface area (Å²) in [6.45, 7) is 2.49. The van der Waals surface area contributed by atoms with Crippen LogP contribution < -0.4 is 4.90 Å². The molecule has 0 aromatic heterocycles. The molecule has 8 aliphatic rings. The Kier molecular flexibility index (Phi) is 7.37. The van der Waals surface area contributed by atoms with Gasteiger partial charge < -0.3 is 4.90 Å². The van der Waals surface area contributed by atoms with Crippen LogP contribution in [-0.2, 0) is 10.8 Å². The van der Waals surface area contributed by atoms with Gasteiger partial charge in [0.25, 0.3) is 0 Å². The Bertz CT molecular complexity index is 2560. The first-order valence-corrected chi connectivity index (χ1v) is 23.1. The summed E-state index contributed by atoms with van der Waals surface area (Å²) >= 11 is 0. The number of anilines is 3. The fourth-order valence-electron chi connectivity index (χ4n) is 15.9. The van der Waals surface area contributed by atoms with Gasteiger partial charge in [-0.25, -0.2) is 0 Å². The summed E-state index contributed by atoms with van der Waals surface area (Å²) in [5, 5.41) is 0. The molecule has 14 rings (SSSR count). The van der Waals surface area contributed by atoms with E-state index in [2.05, 4.69) is 151 Å². The van der Waals surface area contributed by atoms with Crippen molar-refractivity contribution in [3.63, 3.8) is 0 Å². The molecule has 0 radical (unpaired) electrons. The Morgan fingerprint density at radius 2 is 0.983 bits per heavy atom. The van der Waals surface area contributed by atoms with Crippen LogP contribution >= 0.6 is 0 Å². The summed E-state index contributed by atoms with van der Waals surface area (Å²) in [5.74, 6) is 5.57. The highest BCUT2D eigenvalue weighted by molar-refractivity contribution is 5.92. The molecule has 8 aliphatic carbocycles. The lowest BCUT2D eigenvalue weighted by Gasteiger charge is -2.61. The van der Waals surface area contributed by atoms with Crippen LogP contribution in [0, 0.1) is 41.4 Å². The first-order chi connectivity index (χ1) is 28.7. The summed E-state index contributed by atoms with van der Waals surface area (Å²) in [6.07, 6.45) is 15.2. The molecule has 4 unspecified atom stereocenters. The third-order valence-corrected chi connectivity index (χ3v) is 17.6. The van der Waals surface area contributed by atoms with Crippen molar-refractivity contribution in [2.45, 2.75) is 88.4 Å². The highest BCUT2D eigenvalue weighted by atomic mass is 15.1. The molecule has 288 valence electrons. The van der Waals surface area contributed by atoms with Gasteiger partial charge in [-0.05, 0) is 173 Å². The number of rotatable bonds is 5. The summed E-state index contributed by atoms with van der Waals surface area (Å²) in [6, 6.07) is 55.0. The molecule has 0 saturated heterocycles. The standard InChI is InChI=1S/C57H55N/c1-2-40-28-36-13-12-16-41(29-36)56(40)51-20-9-6-18-47(51)49-25-23-44(34-53(49)56)58(55-22-11-8-17-46(55)39-14-4-3-5-15-39)45-24-26-50-48-19-7-10-21-52(48)57(54(50)35-45)42-30-37-27-38(32-42)33-43(57)31-37/h3-11,14-15,17-26,34-38,40-43H,2,12-13,16,27-33H2,1H3. The van der Waals surface area contributed by atoms with Crippen LogP contribution in [0.25, 0.3) is 33.4 Å². The summed E-state index contributed by atoms with van der Waals surface area (Å²) < 4.78 is 0. The van der Waals surface area contributed by atoms with Gasteiger partial charge in [0.15, 0.2) is 0 Å². The molecule has 2 spiro atoms. The van der Waals surface area contributed by atoms with Gasteiger partial charge in [0.05, 0.1) is 5.69 Å². The first kappa shape index (κ1) is 34.0. The first-order valence-electron chi connectivity index (χ1n) is 23.1. The molecule has 6 saturated carbocycles. The van der Waals surface area contributed by atoms with Crippen molar-refractivity contribution in [1.82, 2.24) is 0 Å². The second kappa shape index (κ2) is 12.6. The lowest BCUT2D eigenvalue weighted by molar-refractivity contribution is -0.0399. The predicted molar refractivity (Wildman–Crippen MR) is 240 cm³/mol. The lowest BCUT2D eigenvalue weighted by atomic mass is 9.43. The van der Waals surface area contributed by atoms with E-state index in [0.717, 1.165) is 29.6 Å². The van der Waals surface area contributed by atoms with Crippen LogP contribution in [0.4, 0.5) is 17.1 Å². The Labute approximate surface area is 345 Å². The monoisotopic (exact) mass is 753 g/mol. The number of para-hydroxylation sites is 1. The van der Waals surface area contributed by atoms with Gasteiger partial charge in [0.2, 0.25) is 0 Å². The van der Waals surface area contributed by atoms with Gasteiger partial charge in [-0.15, -0.1) is 0 Å². The van der Waals surface area contributed by atoms with E-state index in [1.807, 2.05) is 0 Å². The van der Waals surface area contributed by atoms with E-state index >= 15 is 0 Å². The lowest BCUT2D eigenvalue weighted by Crippen LogP contribution is -2.55. The summed E-state index contributed by atoms with van der Waals surface area (Å²) in [7, 11) is 0. The predicted octanol–water partition coefficient (Wildman–Crippen LogP) is 15.0. The Balaban J connectivity index is 1.05. The molecule has 4 atom stereocenters. The molecule has 6 aromatic rings. The molecule has 0 aliphatic heterocycles. The van der Waals surface area contributed by atoms with Crippen LogP contribution in [0.15, 0.2) is 140 Å². The highest BCUT2D eigenvalue weighted by Crippen LogP contribution is 2.70. The average molecular weight is 754 g/mol. The number of nitrogens with zero attached hydrogens (tertiary/aromatic N) is 1. The zero-order valence-corrected chi connectivity index (χ0v) is 34.0. The van der Waals surface area contributed by atoms with Gasteiger partial charge >= 0.3 is 0 Å². The van der Waals surface area contributed by atoms with Crippen LogP contribution in [0.5, 0.6) is 0 Å². The molecule has 0 heterocycles. The zero-order chi connectivity index (χ0) is 38.2. The smallest absolute Gasteiger partial charge is 0.0540 e. The molecular weight excluding hydrogens is 699 g/mol. The third kappa shape index (κ3) is 4.44. The van der Waals surface area contributed by atoms with Crippen LogP contribution in [-0.4, -0.2) is 0 Å². The molecule has 0 N–H and O–H groups in total. The van der Waals surface area contributed by atoms with E-state index < -0.39 is 0 Å². The third-order valence-electron chi connectivity index (χ3n) is 17.6. The SMILES string of the molecule is CCC1CC2CCCC(C2)C12c1ccccc1-c1ccc(N(c3ccc4c(c3)C3(c5ccccc5-4)C4CC5CC(C4)CC3C5)c3ccccc3-c3ccccc3)cc12. The molecule has 6 bridgehead atoms. The van der Waals surface area contributed by atoms with E-state index in [4.69, 9.17) is 0 Å². The molecule has 6 aromatic carbocycles. The van der Waals surface area contributed by atoms with Gasteiger partial charge in [0, 0.05) is 27.8 Å². The number of hydrogen-bond acceptors (Lipinski definition) is 1. The van der Waals surface area contributed by atoms with Crippen molar-refractivity contribution < 1.29 is 0 Å². The summed E-state index contributed by atoms with van der Waals surface area (Å²) in [4.78, 5) is 2.68. The normalized spacial score (nSPS) is 31.6. The van der Waals surface area contributed by atoms with Crippen molar-refractivity contribution >= 4 is 17.1 Å². The largest absolute Gasteiger partial charge is 0.310 e. The second-order valence-electron chi connectivity index (χ2n) is 19.9. The van der Waals surface area contributed by atoms with Gasteiger partial charge in [-0.2, -0.15) is 0 Å². The number of fused-ring (bicyclic) bond motifs is 11. The zero-order valence-electron chi connectivity index (χ0n) is 34.0. The molecular formula is C57H55N. The Morgan fingerprint density at radius 3 is 1.64 bits per heavy atom. The number of hydrogen-bond donors (Lipinski definition) is 0. The van der Waals surface area contributed by atoms with Crippen LogP contribution in [0.1, 0.15) is 99.8 Å².